The number of hydrogen-bond acceptors (Lipinski definition) is 3. The summed E-state index contributed by atoms with van der Waals surface area (Å²) >= 11 is 0. The third kappa shape index (κ3) is 3.30. The van der Waals surface area contributed by atoms with Crippen LogP contribution in [0.1, 0.15) is 26.0 Å². The highest BCUT2D eigenvalue weighted by Gasteiger charge is 2.11. The molecule has 92 valence electrons. The molecule has 2 rings (SSSR count). The molecule has 3 nitrogen and oxygen atoms in total. The highest BCUT2D eigenvalue weighted by Crippen LogP contribution is 2.17. The van der Waals surface area contributed by atoms with Gasteiger partial charge in [-0.2, -0.15) is 0 Å². The molecule has 1 aromatic rings. The fourth-order valence-electron chi connectivity index (χ4n) is 1.97. The highest BCUT2D eigenvalue weighted by atomic mass is 15.2. The number of pyridine rings is 1. The average Bonchev–Trinajstić information content (AvgIpc) is 2.37. The molecule has 1 aliphatic heterocycles. The van der Waals surface area contributed by atoms with Gasteiger partial charge in [0.2, 0.25) is 0 Å². The Kier molecular flexibility index (Phi) is 4.15. The second-order valence-electron chi connectivity index (χ2n) is 4.51. The standard InChI is InChI=1S/C14H21N3/c1-3-15-11-13-5-4-6-14(16-13)17-9-7-12(2)8-10-17/h4-7,15H,3,8-11H2,1-2H3. The molecule has 0 saturated heterocycles. The molecule has 17 heavy (non-hydrogen) atoms. The SMILES string of the molecule is CCNCc1cccc(N2CC=C(C)CC2)n1. The van der Waals surface area contributed by atoms with Crippen molar-refractivity contribution in [2.45, 2.75) is 26.8 Å². The maximum Gasteiger partial charge on any atom is 0.129 e. The number of rotatable bonds is 4. The fourth-order valence-corrected chi connectivity index (χ4v) is 1.97. The lowest BCUT2D eigenvalue weighted by atomic mass is 10.1. The fraction of sp³-hybridized carbons (Fsp3) is 0.500. The van der Waals surface area contributed by atoms with E-state index in [9.17, 15) is 0 Å². The normalized spacial score (nSPS) is 15.9. The molecule has 0 bridgehead atoms. The van der Waals surface area contributed by atoms with Crippen molar-refractivity contribution in [1.82, 2.24) is 10.3 Å². The van der Waals surface area contributed by atoms with Crippen LogP contribution >= 0.6 is 0 Å². The van der Waals surface area contributed by atoms with Gasteiger partial charge in [0.15, 0.2) is 0 Å². The largest absolute Gasteiger partial charge is 0.353 e. The molecular weight excluding hydrogens is 210 g/mol. The summed E-state index contributed by atoms with van der Waals surface area (Å²) in [4.78, 5) is 7.03. The molecule has 0 aliphatic carbocycles. The van der Waals surface area contributed by atoms with E-state index < -0.39 is 0 Å². The first-order valence-electron chi connectivity index (χ1n) is 6.37. The molecule has 3 heteroatoms. The smallest absolute Gasteiger partial charge is 0.129 e. The molecule has 1 aromatic heterocycles. The van der Waals surface area contributed by atoms with E-state index in [0.717, 1.165) is 44.1 Å². The van der Waals surface area contributed by atoms with Gasteiger partial charge in [-0.25, -0.2) is 4.98 Å². The minimum Gasteiger partial charge on any atom is -0.353 e. The van der Waals surface area contributed by atoms with Crippen molar-refractivity contribution < 1.29 is 0 Å². The summed E-state index contributed by atoms with van der Waals surface area (Å²) in [5.74, 6) is 1.10. The van der Waals surface area contributed by atoms with Gasteiger partial charge in [0.05, 0.1) is 5.69 Å². The van der Waals surface area contributed by atoms with Gasteiger partial charge in [0, 0.05) is 19.6 Å². The van der Waals surface area contributed by atoms with Crippen LogP contribution in [-0.2, 0) is 6.54 Å². The van der Waals surface area contributed by atoms with Crippen LogP contribution in [0.3, 0.4) is 0 Å². The monoisotopic (exact) mass is 231 g/mol. The van der Waals surface area contributed by atoms with Crippen molar-refractivity contribution in [2.24, 2.45) is 0 Å². The Balaban J connectivity index is 2.05. The predicted octanol–water partition coefficient (Wildman–Crippen LogP) is 2.35. The summed E-state index contributed by atoms with van der Waals surface area (Å²) in [7, 11) is 0. The lowest BCUT2D eigenvalue weighted by molar-refractivity contribution is 0.704. The molecule has 0 fully saturated rings. The van der Waals surface area contributed by atoms with E-state index in [-0.39, 0.29) is 0 Å². The number of nitrogens with zero attached hydrogens (tertiary/aromatic N) is 2. The van der Waals surface area contributed by atoms with Crippen LogP contribution in [0.4, 0.5) is 5.82 Å². The molecule has 0 saturated carbocycles. The van der Waals surface area contributed by atoms with Crippen molar-refractivity contribution in [1.29, 1.82) is 0 Å². The van der Waals surface area contributed by atoms with Crippen LogP contribution in [0.25, 0.3) is 0 Å². The molecule has 1 N–H and O–H groups in total. The van der Waals surface area contributed by atoms with Gasteiger partial charge < -0.3 is 10.2 Å². The van der Waals surface area contributed by atoms with Gasteiger partial charge in [-0.3, -0.25) is 0 Å². The number of aromatic nitrogens is 1. The molecular formula is C14H21N3. The van der Waals surface area contributed by atoms with E-state index in [1.165, 1.54) is 5.57 Å². The Bertz CT molecular complexity index is 398. The molecule has 0 radical (unpaired) electrons. The van der Waals surface area contributed by atoms with Crippen molar-refractivity contribution >= 4 is 5.82 Å². The summed E-state index contributed by atoms with van der Waals surface area (Å²) in [6.07, 6.45) is 3.45. The quantitative estimate of drug-likeness (QED) is 0.806. The van der Waals surface area contributed by atoms with Gasteiger partial charge in [0.1, 0.15) is 5.82 Å². The van der Waals surface area contributed by atoms with Crippen LogP contribution < -0.4 is 10.2 Å². The molecule has 0 unspecified atom stereocenters. The molecule has 0 spiro atoms. The Morgan fingerprint density at radius 3 is 3.00 bits per heavy atom. The van der Waals surface area contributed by atoms with Gasteiger partial charge in [-0.1, -0.05) is 24.6 Å². The maximum atomic E-state index is 4.69. The molecule has 2 heterocycles. The summed E-state index contributed by atoms with van der Waals surface area (Å²) in [6.45, 7) is 8.22. The Morgan fingerprint density at radius 2 is 2.29 bits per heavy atom. The predicted molar refractivity (Wildman–Crippen MR) is 72.2 cm³/mol. The van der Waals surface area contributed by atoms with Gasteiger partial charge in [-0.05, 0) is 32.0 Å². The molecule has 0 atom stereocenters. The van der Waals surface area contributed by atoms with Crippen LogP contribution in [0, 0.1) is 0 Å². The van der Waals surface area contributed by atoms with Gasteiger partial charge in [-0.15, -0.1) is 0 Å². The van der Waals surface area contributed by atoms with Crippen LogP contribution in [0.15, 0.2) is 29.8 Å². The second-order valence-corrected chi connectivity index (χ2v) is 4.51. The maximum absolute atomic E-state index is 4.69. The van der Waals surface area contributed by atoms with E-state index in [4.69, 9.17) is 4.98 Å². The second kappa shape index (κ2) is 5.82. The number of hydrogen-bond donors (Lipinski definition) is 1. The summed E-state index contributed by atoms with van der Waals surface area (Å²) in [5, 5.41) is 3.31. The topological polar surface area (TPSA) is 28.2 Å². The summed E-state index contributed by atoms with van der Waals surface area (Å²) < 4.78 is 0. The zero-order valence-corrected chi connectivity index (χ0v) is 10.7. The molecule has 1 aliphatic rings. The summed E-state index contributed by atoms with van der Waals surface area (Å²) in [5.41, 5.74) is 2.61. The van der Waals surface area contributed by atoms with E-state index in [1.54, 1.807) is 0 Å². The van der Waals surface area contributed by atoms with Crippen LogP contribution in [-0.4, -0.2) is 24.6 Å². The van der Waals surface area contributed by atoms with Crippen molar-refractivity contribution in [3.63, 3.8) is 0 Å². The molecule has 0 aromatic carbocycles. The lowest BCUT2D eigenvalue weighted by Gasteiger charge is -2.26. The number of anilines is 1. The first-order valence-corrected chi connectivity index (χ1v) is 6.37. The van der Waals surface area contributed by atoms with Crippen molar-refractivity contribution in [3.8, 4) is 0 Å². The number of nitrogens with one attached hydrogen (secondary N) is 1. The third-order valence-electron chi connectivity index (χ3n) is 3.11. The zero-order chi connectivity index (χ0) is 12.1. The Hall–Kier alpha value is -1.35. The Labute approximate surface area is 104 Å². The lowest BCUT2D eigenvalue weighted by Crippen LogP contribution is -2.29. The van der Waals surface area contributed by atoms with Crippen LogP contribution in [0.5, 0.6) is 0 Å². The first kappa shape index (κ1) is 12.1. The molecule has 0 amide bonds. The zero-order valence-electron chi connectivity index (χ0n) is 10.7. The minimum absolute atomic E-state index is 0.854. The first-order chi connectivity index (χ1) is 8.29. The van der Waals surface area contributed by atoms with Crippen molar-refractivity contribution in [3.05, 3.63) is 35.5 Å². The minimum atomic E-state index is 0.854. The van der Waals surface area contributed by atoms with E-state index in [1.807, 2.05) is 0 Å². The van der Waals surface area contributed by atoms with E-state index in [2.05, 4.69) is 48.3 Å². The van der Waals surface area contributed by atoms with E-state index in [0.29, 0.717) is 0 Å². The van der Waals surface area contributed by atoms with Gasteiger partial charge in [0.25, 0.3) is 0 Å². The summed E-state index contributed by atoms with van der Waals surface area (Å²) in [6, 6.07) is 6.28. The average molecular weight is 231 g/mol. The highest BCUT2D eigenvalue weighted by molar-refractivity contribution is 5.41. The Morgan fingerprint density at radius 1 is 1.41 bits per heavy atom. The third-order valence-corrected chi connectivity index (χ3v) is 3.11. The van der Waals surface area contributed by atoms with Crippen LogP contribution in [0.2, 0.25) is 0 Å². The van der Waals surface area contributed by atoms with Crippen molar-refractivity contribution in [2.75, 3.05) is 24.5 Å². The van der Waals surface area contributed by atoms with Gasteiger partial charge >= 0.3 is 0 Å². The van der Waals surface area contributed by atoms with E-state index >= 15 is 0 Å².